The predicted molar refractivity (Wildman–Crippen MR) is 103 cm³/mol. The van der Waals surface area contributed by atoms with E-state index in [0.29, 0.717) is 23.1 Å². The molecule has 0 aliphatic carbocycles. The van der Waals surface area contributed by atoms with Crippen LogP contribution in [0.1, 0.15) is 49.4 Å². The van der Waals surface area contributed by atoms with E-state index in [1.807, 2.05) is 18.2 Å². The normalized spacial score (nSPS) is 25.0. The highest BCUT2D eigenvalue weighted by molar-refractivity contribution is 6.03. The Labute approximate surface area is 158 Å². The SMILES string of the molecule is CC[C@H]1C[C@@H](O)CC2(CCN(c3cc(C(=O)O)c4ccccc4n3)CC2)O1. The van der Waals surface area contributed by atoms with Crippen molar-refractivity contribution in [3.05, 3.63) is 35.9 Å². The van der Waals surface area contributed by atoms with Crippen LogP contribution in [0, 0.1) is 0 Å². The summed E-state index contributed by atoms with van der Waals surface area (Å²) in [7, 11) is 0. The van der Waals surface area contributed by atoms with Crippen LogP contribution in [-0.2, 0) is 4.74 Å². The lowest BCUT2D eigenvalue weighted by molar-refractivity contribution is -0.171. The Morgan fingerprint density at radius 2 is 2.07 bits per heavy atom. The van der Waals surface area contributed by atoms with Crippen molar-refractivity contribution >= 4 is 22.7 Å². The molecule has 2 fully saturated rings. The number of piperidine rings is 1. The zero-order valence-corrected chi connectivity index (χ0v) is 15.6. The van der Waals surface area contributed by atoms with Crippen molar-refractivity contribution in [2.45, 2.75) is 56.8 Å². The Hall–Kier alpha value is -2.18. The van der Waals surface area contributed by atoms with E-state index < -0.39 is 5.97 Å². The summed E-state index contributed by atoms with van der Waals surface area (Å²) < 4.78 is 6.35. The van der Waals surface area contributed by atoms with E-state index in [2.05, 4.69) is 11.8 Å². The largest absolute Gasteiger partial charge is 0.478 e. The fourth-order valence-electron chi connectivity index (χ4n) is 4.48. The predicted octanol–water partition coefficient (Wildman–Crippen LogP) is 3.22. The molecule has 2 aliphatic rings. The second-order valence-corrected chi connectivity index (χ2v) is 7.76. The van der Waals surface area contributed by atoms with Crippen LogP contribution in [-0.4, -0.2) is 52.1 Å². The molecule has 0 saturated carbocycles. The van der Waals surface area contributed by atoms with Crippen LogP contribution in [0.15, 0.2) is 30.3 Å². The highest BCUT2D eigenvalue weighted by Crippen LogP contribution is 2.39. The zero-order valence-electron chi connectivity index (χ0n) is 15.6. The summed E-state index contributed by atoms with van der Waals surface area (Å²) in [4.78, 5) is 18.5. The van der Waals surface area contributed by atoms with Crippen molar-refractivity contribution in [2.24, 2.45) is 0 Å². The standard InChI is InChI=1S/C21H26N2O4/c1-2-15-11-14(24)13-21(27-15)7-9-23(10-8-21)19-12-17(20(25)26)16-5-3-4-6-18(16)22-19/h3-6,12,14-15,24H,2,7-11,13H2,1H3,(H,25,26)/t14-,15+/m1/s1. The highest BCUT2D eigenvalue weighted by Gasteiger charge is 2.43. The van der Waals surface area contributed by atoms with Gasteiger partial charge in [-0.3, -0.25) is 0 Å². The first-order valence-corrected chi connectivity index (χ1v) is 9.73. The molecule has 1 spiro atoms. The quantitative estimate of drug-likeness (QED) is 0.863. The molecule has 3 heterocycles. The number of ether oxygens (including phenoxy) is 1. The van der Waals surface area contributed by atoms with Crippen LogP contribution in [0.2, 0.25) is 0 Å². The molecule has 0 amide bonds. The lowest BCUT2D eigenvalue weighted by Crippen LogP contribution is -2.53. The van der Waals surface area contributed by atoms with Crippen molar-refractivity contribution in [2.75, 3.05) is 18.0 Å². The van der Waals surface area contributed by atoms with Gasteiger partial charge in [0.1, 0.15) is 5.82 Å². The summed E-state index contributed by atoms with van der Waals surface area (Å²) in [5, 5.41) is 20.5. The number of hydrogen-bond donors (Lipinski definition) is 2. The Morgan fingerprint density at radius 3 is 2.78 bits per heavy atom. The van der Waals surface area contributed by atoms with Gasteiger partial charge in [-0.2, -0.15) is 0 Å². The van der Waals surface area contributed by atoms with Crippen molar-refractivity contribution < 1.29 is 19.7 Å². The molecule has 0 bridgehead atoms. The molecule has 144 valence electrons. The summed E-state index contributed by atoms with van der Waals surface area (Å²) in [5.74, 6) is -0.239. The number of rotatable bonds is 3. The van der Waals surface area contributed by atoms with Crippen molar-refractivity contribution in [1.29, 1.82) is 0 Å². The van der Waals surface area contributed by atoms with Gasteiger partial charge in [-0.25, -0.2) is 9.78 Å². The Kier molecular flexibility index (Phi) is 4.78. The van der Waals surface area contributed by atoms with E-state index in [1.165, 1.54) is 0 Å². The molecule has 6 nitrogen and oxygen atoms in total. The number of carboxylic acid groups (broad SMARTS) is 1. The highest BCUT2D eigenvalue weighted by atomic mass is 16.5. The van der Waals surface area contributed by atoms with Gasteiger partial charge < -0.3 is 19.8 Å². The molecule has 0 radical (unpaired) electrons. The molecule has 2 saturated heterocycles. The van der Waals surface area contributed by atoms with Crippen LogP contribution in [0.25, 0.3) is 10.9 Å². The number of carboxylic acids is 1. The zero-order chi connectivity index (χ0) is 19.0. The Balaban J connectivity index is 1.57. The number of pyridine rings is 1. The maximum Gasteiger partial charge on any atom is 0.336 e. The van der Waals surface area contributed by atoms with Crippen molar-refractivity contribution in [3.8, 4) is 0 Å². The van der Waals surface area contributed by atoms with E-state index >= 15 is 0 Å². The topological polar surface area (TPSA) is 82.9 Å². The molecule has 4 rings (SSSR count). The molecule has 1 aromatic heterocycles. The first-order chi connectivity index (χ1) is 13.0. The molecule has 2 aliphatic heterocycles. The van der Waals surface area contributed by atoms with Gasteiger partial charge in [0.05, 0.1) is 28.9 Å². The molecule has 27 heavy (non-hydrogen) atoms. The molecule has 2 atom stereocenters. The van der Waals surface area contributed by atoms with Gasteiger partial charge in [0.25, 0.3) is 0 Å². The summed E-state index contributed by atoms with van der Waals surface area (Å²) in [6.07, 6.45) is 3.77. The van der Waals surface area contributed by atoms with Gasteiger partial charge in [0, 0.05) is 24.9 Å². The third-order valence-electron chi connectivity index (χ3n) is 5.95. The molecule has 2 N–H and O–H groups in total. The molecule has 2 aromatic rings. The Morgan fingerprint density at radius 1 is 1.33 bits per heavy atom. The average Bonchev–Trinajstić information content (AvgIpc) is 2.67. The van der Waals surface area contributed by atoms with Gasteiger partial charge >= 0.3 is 5.97 Å². The first kappa shape index (κ1) is 18.2. The fourth-order valence-corrected chi connectivity index (χ4v) is 4.48. The van der Waals surface area contributed by atoms with E-state index in [0.717, 1.165) is 38.8 Å². The van der Waals surface area contributed by atoms with Crippen LogP contribution in [0.3, 0.4) is 0 Å². The van der Waals surface area contributed by atoms with E-state index in [4.69, 9.17) is 9.72 Å². The summed E-state index contributed by atoms with van der Waals surface area (Å²) >= 11 is 0. The minimum Gasteiger partial charge on any atom is -0.478 e. The smallest absolute Gasteiger partial charge is 0.336 e. The number of nitrogens with zero attached hydrogens (tertiary/aromatic N) is 2. The summed E-state index contributed by atoms with van der Waals surface area (Å²) in [6.45, 7) is 3.58. The number of hydrogen-bond acceptors (Lipinski definition) is 5. The van der Waals surface area contributed by atoms with E-state index in [9.17, 15) is 15.0 Å². The lowest BCUT2D eigenvalue weighted by Gasteiger charge is -2.48. The number of aromatic carboxylic acids is 1. The number of anilines is 1. The van der Waals surface area contributed by atoms with Crippen molar-refractivity contribution in [1.82, 2.24) is 4.98 Å². The van der Waals surface area contributed by atoms with Crippen LogP contribution in [0.4, 0.5) is 5.82 Å². The third kappa shape index (κ3) is 3.51. The van der Waals surface area contributed by atoms with Crippen LogP contribution < -0.4 is 4.90 Å². The Bertz CT molecular complexity index is 845. The summed E-state index contributed by atoms with van der Waals surface area (Å²) in [6, 6.07) is 9.02. The summed E-state index contributed by atoms with van der Waals surface area (Å²) in [5.41, 5.74) is 0.718. The van der Waals surface area contributed by atoms with Gasteiger partial charge in [-0.05, 0) is 37.8 Å². The van der Waals surface area contributed by atoms with Gasteiger partial charge in [0.15, 0.2) is 0 Å². The molecular weight excluding hydrogens is 344 g/mol. The van der Waals surface area contributed by atoms with Gasteiger partial charge in [-0.1, -0.05) is 25.1 Å². The maximum atomic E-state index is 11.7. The van der Waals surface area contributed by atoms with Crippen molar-refractivity contribution in [3.63, 3.8) is 0 Å². The van der Waals surface area contributed by atoms with Crippen LogP contribution in [0.5, 0.6) is 0 Å². The monoisotopic (exact) mass is 370 g/mol. The first-order valence-electron chi connectivity index (χ1n) is 9.73. The minimum absolute atomic E-state index is 0.123. The maximum absolute atomic E-state index is 11.7. The second-order valence-electron chi connectivity index (χ2n) is 7.76. The number of fused-ring (bicyclic) bond motifs is 1. The second kappa shape index (κ2) is 7.09. The average molecular weight is 370 g/mol. The molecule has 0 unspecified atom stereocenters. The number of aliphatic hydroxyl groups excluding tert-OH is 1. The van der Waals surface area contributed by atoms with Gasteiger partial charge in [-0.15, -0.1) is 0 Å². The minimum atomic E-state index is -0.937. The van der Waals surface area contributed by atoms with Gasteiger partial charge in [0.2, 0.25) is 0 Å². The van der Waals surface area contributed by atoms with E-state index in [-0.39, 0.29) is 23.4 Å². The number of benzene rings is 1. The van der Waals surface area contributed by atoms with E-state index in [1.54, 1.807) is 12.1 Å². The molecule has 1 aromatic carbocycles. The molecule has 6 heteroatoms. The lowest BCUT2D eigenvalue weighted by atomic mass is 9.81. The molecular formula is C21H26N2O4. The third-order valence-corrected chi connectivity index (χ3v) is 5.95. The number of aliphatic hydroxyl groups is 1. The number of carbonyl (C=O) groups is 1. The fraction of sp³-hybridized carbons (Fsp3) is 0.524. The van der Waals surface area contributed by atoms with Crippen LogP contribution >= 0.6 is 0 Å². The number of para-hydroxylation sites is 1. The number of aromatic nitrogens is 1.